The molecule has 190 valence electrons. The van der Waals surface area contributed by atoms with Crippen LogP contribution in [-0.4, -0.2) is 43.0 Å². The van der Waals surface area contributed by atoms with Crippen LogP contribution in [0.2, 0.25) is 0 Å². The number of carbonyl (C=O) groups excluding carboxylic acids is 4. The highest BCUT2D eigenvalue weighted by molar-refractivity contribution is 6.01. The maximum atomic E-state index is 13.0. The summed E-state index contributed by atoms with van der Waals surface area (Å²) in [5.74, 6) is -1.32. The summed E-state index contributed by atoms with van der Waals surface area (Å²) in [6, 6.07) is 32.7. The molecule has 4 rings (SSSR count). The highest BCUT2D eigenvalue weighted by atomic mass is 16.5. The lowest BCUT2D eigenvalue weighted by Gasteiger charge is -2.25. The molecule has 0 fully saturated rings. The van der Waals surface area contributed by atoms with E-state index in [1.807, 2.05) is 12.1 Å². The van der Waals surface area contributed by atoms with Gasteiger partial charge in [-0.15, -0.1) is 0 Å². The summed E-state index contributed by atoms with van der Waals surface area (Å²) in [7, 11) is 0. The van der Waals surface area contributed by atoms with Crippen LogP contribution in [0, 0.1) is 0 Å². The molecule has 0 aromatic heterocycles. The summed E-state index contributed by atoms with van der Waals surface area (Å²) in [6.07, 6.45) is 0. The third-order valence-corrected chi connectivity index (χ3v) is 5.75. The Morgan fingerprint density at radius 1 is 0.579 bits per heavy atom. The highest BCUT2D eigenvalue weighted by Crippen LogP contribution is 2.17. The highest BCUT2D eigenvalue weighted by Gasteiger charge is 2.18. The minimum absolute atomic E-state index is 0.0632. The molecule has 0 amide bonds. The lowest BCUT2D eigenvalue weighted by Crippen LogP contribution is -2.44. The number of ether oxygens (including phenoxy) is 1. The average Bonchev–Trinajstić information content (AvgIpc) is 2.99. The fourth-order valence-electron chi connectivity index (χ4n) is 3.71. The van der Waals surface area contributed by atoms with Crippen molar-refractivity contribution in [1.29, 1.82) is 0 Å². The van der Waals surface area contributed by atoms with Crippen LogP contribution in [-0.2, 0) is 4.74 Å². The molecule has 0 bridgehead atoms. The van der Waals surface area contributed by atoms with Crippen LogP contribution in [0.4, 0.5) is 5.69 Å². The molecule has 0 unspecified atom stereocenters. The lowest BCUT2D eigenvalue weighted by atomic mass is 10.1. The van der Waals surface area contributed by atoms with Gasteiger partial charge in [-0.2, -0.15) is 0 Å². The molecule has 0 aliphatic rings. The van der Waals surface area contributed by atoms with Crippen molar-refractivity contribution < 1.29 is 23.9 Å². The molecule has 0 atom stereocenters. The van der Waals surface area contributed by atoms with Crippen LogP contribution in [0.5, 0.6) is 0 Å². The van der Waals surface area contributed by atoms with Crippen LogP contribution < -0.4 is 10.4 Å². The van der Waals surface area contributed by atoms with Gasteiger partial charge in [0.15, 0.2) is 24.0 Å². The summed E-state index contributed by atoms with van der Waals surface area (Å²) in [4.78, 5) is 50.7. The van der Waals surface area contributed by atoms with E-state index in [2.05, 4.69) is 5.43 Å². The summed E-state index contributed by atoms with van der Waals surface area (Å²) in [6.45, 7) is -0.545. The average molecular weight is 507 g/mol. The summed E-state index contributed by atoms with van der Waals surface area (Å²) in [5, 5.41) is 1.53. The number of nitrogens with zero attached hydrogens (tertiary/aromatic N) is 1. The van der Waals surface area contributed by atoms with Gasteiger partial charge in [-0.3, -0.25) is 14.4 Å². The number of esters is 1. The summed E-state index contributed by atoms with van der Waals surface area (Å²) in [5.41, 5.74) is 5.22. The van der Waals surface area contributed by atoms with E-state index in [9.17, 15) is 19.2 Å². The van der Waals surface area contributed by atoms with E-state index in [0.717, 1.165) is 0 Å². The number of hydrogen-bond acceptors (Lipinski definition) is 7. The minimum atomic E-state index is -0.675. The van der Waals surface area contributed by atoms with Crippen LogP contribution >= 0.6 is 0 Å². The Labute approximate surface area is 220 Å². The summed E-state index contributed by atoms with van der Waals surface area (Å²) >= 11 is 0. The largest absolute Gasteiger partial charge is 0.454 e. The second kappa shape index (κ2) is 12.9. The zero-order valence-corrected chi connectivity index (χ0v) is 20.6. The number of hydrazine groups is 1. The number of hydrogen-bond donors (Lipinski definition) is 1. The van der Waals surface area contributed by atoms with Gasteiger partial charge in [0.1, 0.15) is 0 Å². The van der Waals surface area contributed by atoms with Crippen molar-refractivity contribution in [3.05, 3.63) is 138 Å². The maximum absolute atomic E-state index is 13.0. The molecule has 38 heavy (non-hydrogen) atoms. The van der Waals surface area contributed by atoms with Crippen molar-refractivity contribution in [3.8, 4) is 0 Å². The predicted molar refractivity (Wildman–Crippen MR) is 144 cm³/mol. The number of carbonyl (C=O) groups is 4. The zero-order valence-electron chi connectivity index (χ0n) is 20.6. The first kappa shape index (κ1) is 26.2. The van der Waals surface area contributed by atoms with Gasteiger partial charge in [0.05, 0.1) is 24.3 Å². The maximum Gasteiger partial charge on any atom is 0.338 e. The smallest absolute Gasteiger partial charge is 0.338 e. The fraction of sp³-hybridized carbons (Fsp3) is 0.0968. The standard InChI is InChI=1S/C31H26N2O5/c34-28(23-11-4-1-5-12-23)20-32-33(21-29(35)24-13-6-2-7-14-24)27-18-10-17-26(19-27)31(37)38-22-30(36)25-15-8-3-9-16-25/h1-19,32H,20-22H2. The molecule has 0 saturated heterocycles. The van der Waals surface area contributed by atoms with E-state index >= 15 is 0 Å². The second-order valence-corrected chi connectivity index (χ2v) is 8.42. The quantitative estimate of drug-likeness (QED) is 0.168. The molecule has 0 heterocycles. The first-order valence-electron chi connectivity index (χ1n) is 12.0. The number of ketones is 3. The normalized spacial score (nSPS) is 10.4. The molecule has 7 heteroatoms. The molecule has 0 radical (unpaired) electrons. The molecule has 1 N–H and O–H groups in total. The van der Waals surface area contributed by atoms with Crippen molar-refractivity contribution in [1.82, 2.24) is 5.43 Å². The SMILES string of the molecule is O=C(CNN(CC(=O)c1ccccc1)c1cccc(C(=O)OCC(=O)c2ccccc2)c1)c1ccccc1. The van der Waals surface area contributed by atoms with Crippen LogP contribution in [0.1, 0.15) is 41.4 Å². The molecular weight excluding hydrogens is 480 g/mol. The molecule has 7 nitrogen and oxygen atoms in total. The van der Waals surface area contributed by atoms with Crippen molar-refractivity contribution >= 4 is 29.0 Å². The van der Waals surface area contributed by atoms with E-state index in [0.29, 0.717) is 22.4 Å². The van der Waals surface area contributed by atoms with Crippen LogP contribution in [0.25, 0.3) is 0 Å². The number of Topliss-reactive ketones (excluding diaryl/α,β-unsaturated/α-hetero) is 3. The number of anilines is 1. The predicted octanol–water partition coefficient (Wildman–Crippen LogP) is 4.80. The third kappa shape index (κ3) is 7.09. The zero-order chi connectivity index (χ0) is 26.7. The Bertz CT molecular complexity index is 1410. The van der Waals surface area contributed by atoms with E-state index in [1.54, 1.807) is 103 Å². The molecule has 0 aliphatic heterocycles. The van der Waals surface area contributed by atoms with E-state index in [4.69, 9.17) is 4.74 Å². The second-order valence-electron chi connectivity index (χ2n) is 8.42. The van der Waals surface area contributed by atoms with E-state index in [-0.39, 0.29) is 36.0 Å². The van der Waals surface area contributed by atoms with Crippen molar-refractivity contribution in [2.45, 2.75) is 0 Å². The monoisotopic (exact) mass is 506 g/mol. The Morgan fingerprint density at radius 2 is 1.08 bits per heavy atom. The van der Waals surface area contributed by atoms with Crippen LogP contribution in [0.3, 0.4) is 0 Å². The Balaban J connectivity index is 1.49. The number of nitrogens with one attached hydrogen (secondary N) is 1. The van der Waals surface area contributed by atoms with E-state index < -0.39 is 12.6 Å². The molecule has 4 aromatic rings. The van der Waals surface area contributed by atoms with Crippen molar-refractivity contribution in [3.63, 3.8) is 0 Å². The molecule has 0 spiro atoms. The first-order chi connectivity index (χ1) is 18.5. The topological polar surface area (TPSA) is 92.8 Å². The Kier molecular flexibility index (Phi) is 8.89. The molecular formula is C31H26N2O5. The molecule has 4 aromatic carbocycles. The number of benzene rings is 4. The lowest BCUT2D eigenvalue weighted by molar-refractivity contribution is 0.0474. The van der Waals surface area contributed by atoms with Gasteiger partial charge in [0.2, 0.25) is 0 Å². The van der Waals surface area contributed by atoms with Gasteiger partial charge in [-0.25, -0.2) is 10.2 Å². The van der Waals surface area contributed by atoms with Gasteiger partial charge in [0.25, 0.3) is 0 Å². The summed E-state index contributed by atoms with van der Waals surface area (Å²) < 4.78 is 5.24. The molecule has 0 saturated carbocycles. The van der Waals surface area contributed by atoms with Crippen molar-refractivity contribution in [2.24, 2.45) is 0 Å². The van der Waals surface area contributed by atoms with E-state index in [1.165, 1.54) is 5.01 Å². The van der Waals surface area contributed by atoms with Crippen molar-refractivity contribution in [2.75, 3.05) is 24.7 Å². The van der Waals surface area contributed by atoms with Gasteiger partial charge in [-0.05, 0) is 18.2 Å². The third-order valence-electron chi connectivity index (χ3n) is 5.75. The van der Waals surface area contributed by atoms with Gasteiger partial charge in [-0.1, -0.05) is 97.1 Å². The van der Waals surface area contributed by atoms with Gasteiger partial charge in [0, 0.05) is 16.7 Å². The van der Waals surface area contributed by atoms with Gasteiger partial charge < -0.3 is 9.75 Å². The minimum Gasteiger partial charge on any atom is -0.454 e. The number of rotatable bonds is 12. The first-order valence-corrected chi connectivity index (χ1v) is 12.0. The Hall–Kier alpha value is -4.88. The van der Waals surface area contributed by atoms with Crippen LogP contribution in [0.15, 0.2) is 115 Å². The Morgan fingerprint density at radius 3 is 1.66 bits per heavy atom. The molecule has 0 aliphatic carbocycles. The fourth-order valence-corrected chi connectivity index (χ4v) is 3.71. The van der Waals surface area contributed by atoms with Gasteiger partial charge >= 0.3 is 5.97 Å².